The zero-order chi connectivity index (χ0) is 14.0. The molecule has 1 aromatic heterocycles. The number of nitrogens with one attached hydrogen (secondary N) is 1. The highest BCUT2D eigenvalue weighted by Crippen LogP contribution is 2.32. The van der Waals surface area contributed by atoms with E-state index in [1.165, 1.54) is 0 Å². The van der Waals surface area contributed by atoms with Gasteiger partial charge in [-0.2, -0.15) is 0 Å². The number of nitrogens with zero attached hydrogens (tertiary/aromatic N) is 1. The molecule has 6 heteroatoms. The maximum absolute atomic E-state index is 6.07. The average molecular weight is 318 g/mol. The molecule has 1 N–H and O–H groups in total. The number of aryl methyl sites for hydroxylation is 1. The molecule has 0 aliphatic heterocycles. The summed E-state index contributed by atoms with van der Waals surface area (Å²) in [5.41, 5.74) is 1.87. The van der Waals surface area contributed by atoms with Crippen molar-refractivity contribution in [1.82, 2.24) is 4.98 Å². The van der Waals surface area contributed by atoms with Gasteiger partial charge in [0.1, 0.15) is 10.9 Å². The van der Waals surface area contributed by atoms with E-state index in [2.05, 4.69) is 10.3 Å². The van der Waals surface area contributed by atoms with Crippen LogP contribution in [0.1, 0.15) is 5.56 Å². The zero-order valence-electron chi connectivity index (χ0n) is 10.3. The Hall–Kier alpha value is -1.16. The van der Waals surface area contributed by atoms with Gasteiger partial charge >= 0.3 is 0 Å². The van der Waals surface area contributed by atoms with Gasteiger partial charge in [-0.15, -0.1) is 0 Å². The van der Waals surface area contributed by atoms with Crippen LogP contribution in [0.15, 0.2) is 24.3 Å². The number of hydrogen-bond donors (Lipinski definition) is 1. The number of methoxy groups -OCH3 is 1. The molecule has 0 saturated carbocycles. The maximum atomic E-state index is 6.07. The number of pyridine rings is 1. The summed E-state index contributed by atoms with van der Waals surface area (Å²) in [4.78, 5) is 4.11. The molecule has 0 spiro atoms. The van der Waals surface area contributed by atoms with Crippen molar-refractivity contribution < 1.29 is 4.74 Å². The van der Waals surface area contributed by atoms with Gasteiger partial charge in [-0.25, -0.2) is 4.98 Å². The van der Waals surface area contributed by atoms with Gasteiger partial charge in [-0.3, -0.25) is 0 Å². The molecule has 1 heterocycles. The second-order valence-electron chi connectivity index (χ2n) is 3.90. The van der Waals surface area contributed by atoms with Crippen LogP contribution in [0.4, 0.5) is 11.5 Å². The Bertz CT molecular complexity index is 617. The molecule has 0 amide bonds. The van der Waals surface area contributed by atoms with E-state index in [-0.39, 0.29) is 5.15 Å². The molecular formula is C13H11Cl3N2O. The van der Waals surface area contributed by atoms with Gasteiger partial charge in [-0.05, 0) is 36.8 Å². The Morgan fingerprint density at radius 2 is 1.84 bits per heavy atom. The molecule has 0 aliphatic rings. The van der Waals surface area contributed by atoms with Crippen LogP contribution in [0.3, 0.4) is 0 Å². The lowest BCUT2D eigenvalue weighted by molar-refractivity contribution is 0.414. The van der Waals surface area contributed by atoms with Crippen LogP contribution in [0.2, 0.25) is 15.2 Å². The molecule has 0 radical (unpaired) electrons. The third kappa shape index (κ3) is 3.24. The van der Waals surface area contributed by atoms with Crippen molar-refractivity contribution in [2.75, 3.05) is 12.4 Å². The summed E-state index contributed by atoms with van der Waals surface area (Å²) >= 11 is 17.8. The molecule has 19 heavy (non-hydrogen) atoms. The van der Waals surface area contributed by atoms with E-state index < -0.39 is 0 Å². The molecule has 0 atom stereocenters. The first-order valence-electron chi connectivity index (χ1n) is 5.44. The third-order valence-electron chi connectivity index (χ3n) is 2.57. The van der Waals surface area contributed by atoms with Crippen LogP contribution in [0.25, 0.3) is 0 Å². The first-order chi connectivity index (χ1) is 9.01. The molecule has 2 rings (SSSR count). The van der Waals surface area contributed by atoms with Gasteiger partial charge in [0.2, 0.25) is 0 Å². The maximum Gasteiger partial charge on any atom is 0.151 e. The van der Waals surface area contributed by atoms with Crippen molar-refractivity contribution in [2.45, 2.75) is 6.92 Å². The van der Waals surface area contributed by atoms with Crippen molar-refractivity contribution >= 4 is 46.3 Å². The minimum Gasteiger partial charge on any atom is -0.497 e. The predicted molar refractivity (Wildman–Crippen MR) is 80.3 cm³/mol. The summed E-state index contributed by atoms with van der Waals surface area (Å²) in [6, 6.07) is 7.20. The average Bonchev–Trinajstić information content (AvgIpc) is 2.38. The number of benzene rings is 1. The molecule has 0 saturated heterocycles. The number of rotatable bonds is 3. The smallest absolute Gasteiger partial charge is 0.151 e. The summed E-state index contributed by atoms with van der Waals surface area (Å²) < 4.78 is 5.15. The number of halogens is 3. The van der Waals surface area contributed by atoms with Gasteiger partial charge in [0.05, 0.1) is 17.2 Å². The fourth-order valence-corrected chi connectivity index (χ4v) is 2.11. The van der Waals surface area contributed by atoms with Crippen molar-refractivity contribution in [3.63, 3.8) is 0 Å². The Balaban J connectivity index is 2.33. The molecular weight excluding hydrogens is 307 g/mol. The summed E-state index contributed by atoms with van der Waals surface area (Å²) in [5, 5.41) is 4.06. The van der Waals surface area contributed by atoms with E-state index in [9.17, 15) is 0 Å². The lowest BCUT2D eigenvalue weighted by atomic mass is 10.2. The van der Waals surface area contributed by atoms with Gasteiger partial charge in [-0.1, -0.05) is 34.8 Å². The van der Waals surface area contributed by atoms with Gasteiger partial charge in [0.15, 0.2) is 5.82 Å². The van der Waals surface area contributed by atoms with Crippen molar-refractivity contribution in [2.24, 2.45) is 0 Å². The highest BCUT2D eigenvalue weighted by Gasteiger charge is 2.09. The van der Waals surface area contributed by atoms with Crippen LogP contribution in [0.5, 0.6) is 5.75 Å². The van der Waals surface area contributed by atoms with Crippen LogP contribution in [-0.4, -0.2) is 12.1 Å². The monoisotopic (exact) mass is 316 g/mol. The van der Waals surface area contributed by atoms with Crippen LogP contribution in [0, 0.1) is 6.92 Å². The zero-order valence-corrected chi connectivity index (χ0v) is 12.6. The van der Waals surface area contributed by atoms with E-state index in [1.54, 1.807) is 13.2 Å². The Morgan fingerprint density at radius 1 is 1.11 bits per heavy atom. The molecule has 100 valence electrons. The van der Waals surface area contributed by atoms with Gasteiger partial charge in [0, 0.05) is 5.69 Å². The SMILES string of the molecule is COc1ccc(Nc2nc(Cl)c(Cl)cc2Cl)c(C)c1. The number of ether oxygens (including phenoxy) is 1. The molecule has 0 unspecified atom stereocenters. The van der Waals surface area contributed by atoms with Crippen molar-refractivity contribution in [3.05, 3.63) is 45.0 Å². The quantitative estimate of drug-likeness (QED) is 0.799. The number of aromatic nitrogens is 1. The Kier molecular flexibility index (Phi) is 4.40. The summed E-state index contributed by atoms with van der Waals surface area (Å²) in [6.45, 7) is 1.95. The normalized spacial score (nSPS) is 10.4. The van der Waals surface area contributed by atoms with E-state index in [4.69, 9.17) is 39.5 Å². The molecule has 0 bridgehead atoms. The molecule has 3 nitrogen and oxygen atoms in total. The molecule has 1 aromatic carbocycles. The first kappa shape index (κ1) is 14.3. The van der Waals surface area contributed by atoms with Gasteiger partial charge < -0.3 is 10.1 Å². The summed E-state index contributed by atoms with van der Waals surface area (Å²) in [5.74, 6) is 1.25. The van der Waals surface area contributed by atoms with E-state index in [0.29, 0.717) is 15.9 Å². The summed E-state index contributed by atoms with van der Waals surface area (Å²) in [6.07, 6.45) is 0. The standard InChI is InChI=1S/C13H11Cl3N2O/c1-7-5-8(19-2)3-4-11(7)17-13-10(15)6-9(14)12(16)18-13/h3-6H,1-2H3,(H,17,18). The highest BCUT2D eigenvalue weighted by molar-refractivity contribution is 6.43. The second kappa shape index (κ2) is 5.87. The number of anilines is 2. The predicted octanol–water partition coefficient (Wildman–Crippen LogP) is 5.10. The lowest BCUT2D eigenvalue weighted by Gasteiger charge is -2.12. The van der Waals surface area contributed by atoms with Crippen molar-refractivity contribution in [1.29, 1.82) is 0 Å². The largest absolute Gasteiger partial charge is 0.497 e. The van der Waals surface area contributed by atoms with Crippen LogP contribution >= 0.6 is 34.8 Å². The molecule has 0 aliphatic carbocycles. The Morgan fingerprint density at radius 3 is 2.47 bits per heavy atom. The lowest BCUT2D eigenvalue weighted by Crippen LogP contribution is -1.97. The minimum absolute atomic E-state index is 0.208. The molecule has 2 aromatic rings. The third-order valence-corrected chi connectivity index (χ3v) is 3.53. The topological polar surface area (TPSA) is 34.1 Å². The fourth-order valence-electron chi connectivity index (χ4n) is 1.56. The second-order valence-corrected chi connectivity index (χ2v) is 5.07. The first-order valence-corrected chi connectivity index (χ1v) is 6.58. The van der Waals surface area contributed by atoms with E-state index in [1.807, 2.05) is 25.1 Å². The van der Waals surface area contributed by atoms with Crippen LogP contribution < -0.4 is 10.1 Å². The van der Waals surface area contributed by atoms with Crippen molar-refractivity contribution in [3.8, 4) is 5.75 Å². The summed E-state index contributed by atoms with van der Waals surface area (Å²) in [7, 11) is 1.62. The molecule has 0 fully saturated rings. The van der Waals surface area contributed by atoms with E-state index >= 15 is 0 Å². The Labute approximate surface area is 126 Å². The fraction of sp³-hybridized carbons (Fsp3) is 0.154. The van der Waals surface area contributed by atoms with E-state index in [0.717, 1.165) is 17.0 Å². The highest BCUT2D eigenvalue weighted by atomic mass is 35.5. The minimum atomic E-state index is 0.208. The number of hydrogen-bond acceptors (Lipinski definition) is 3. The van der Waals surface area contributed by atoms with Gasteiger partial charge in [0.25, 0.3) is 0 Å². The van der Waals surface area contributed by atoms with Crippen LogP contribution in [-0.2, 0) is 0 Å².